The Labute approximate surface area is 201 Å². The van der Waals surface area contributed by atoms with Gasteiger partial charge in [0.2, 0.25) is 11.8 Å². The summed E-state index contributed by atoms with van der Waals surface area (Å²) in [5, 5.41) is 2.99. The maximum absolute atomic E-state index is 13.1. The maximum Gasteiger partial charge on any atom is 0.418 e. The van der Waals surface area contributed by atoms with E-state index in [0.29, 0.717) is 50.7 Å². The summed E-state index contributed by atoms with van der Waals surface area (Å²) in [7, 11) is 0. The highest BCUT2D eigenvalue weighted by Crippen LogP contribution is 2.34. The molecule has 0 atom stereocenters. The molecule has 34 heavy (non-hydrogen) atoms. The largest absolute Gasteiger partial charge is 0.493 e. The third-order valence-corrected chi connectivity index (χ3v) is 5.76. The van der Waals surface area contributed by atoms with E-state index >= 15 is 0 Å². The number of carbonyl (C=O) groups excluding carboxylic acids is 2. The van der Waals surface area contributed by atoms with Crippen LogP contribution in [0, 0.1) is 6.92 Å². The molecule has 1 heterocycles. The summed E-state index contributed by atoms with van der Waals surface area (Å²) >= 11 is 5.93. The van der Waals surface area contributed by atoms with Crippen LogP contribution in [0.2, 0.25) is 5.02 Å². The van der Waals surface area contributed by atoms with E-state index in [1.54, 1.807) is 17.0 Å². The van der Waals surface area contributed by atoms with Gasteiger partial charge in [0.1, 0.15) is 5.75 Å². The topological polar surface area (TPSA) is 61.9 Å². The van der Waals surface area contributed by atoms with E-state index in [2.05, 4.69) is 5.32 Å². The van der Waals surface area contributed by atoms with Gasteiger partial charge >= 0.3 is 6.18 Å². The molecule has 2 amide bonds. The van der Waals surface area contributed by atoms with Crippen molar-refractivity contribution in [3.8, 4) is 5.75 Å². The van der Waals surface area contributed by atoms with E-state index in [1.807, 2.05) is 17.9 Å². The van der Waals surface area contributed by atoms with Gasteiger partial charge in [-0.1, -0.05) is 23.7 Å². The minimum absolute atomic E-state index is 0.0136. The van der Waals surface area contributed by atoms with Gasteiger partial charge in [-0.15, -0.1) is 0 Å². The Bertz CT molecular complexity index is 1010. The van der Waals surface area contributed by atoms with E-state index in [4.69, 9.17) is 16.3 Å². The highest BCUT2D eigenvalue weighted by atomic mass is 35.5. The molecule has 0 bridgehead atoms. The molecule has 0 spiro atoms. The first kappa shape index (κ1) is 25.8. The van der Waals surface area contributed by atoms with E-state index in [1.165, 1.54) is 18.2 Å². The van der Waals surface area contributed by atoms with Crippen molar-refractivity contribution in [3.05, 3.63) is 58.6 Å². The summed E-state index contributed by atoms with van der Waals surface area (Å²) in [6, 6.07) is 10.3. The van der Waals surface area contributed by atoms with Crippen molar-refractivity contribution < 1.29 is 27.5 Å². The Morgan fingerprint density at radius 1 is 1.09 bits per heavy atom. The number of alkyl halides is 3. The van der Waals surface area contributed by atoms with E-state index in [9.17, 15) is 22.8 Å². The van der Waals surface area contributed by atoms with Crippen LogP contribution >= 0.6 is 11.6 Å². The maximum atomic E-state index is 13.1. The molecule has 3 rings (SSSR count). The number of nitrogens with one attached hydrogen (secondary N) is 1. The zero-order chi connectivity index (χ0) is 24.7. The van der Waals surface area contributed by atoms with Crippen molar-refractivity contribution >= 4 is 29.1 Å². The lowest BCUT2D eigenvalue weighted by Gasteiger charge is -2.34. The molecule has 0 saturated carbocycles. The number of carbonyl (C=O) groups is 2. The number of para-hydroxylation sites is 1. The standard InChI is InChI=1S/C24H27ClF3N3O3/c1-17-15-18(25)8-9-21(17)34-14-4-7-23(33)31-12-10-30(11-13-31)16-22(32)29-20-6-3-2-5-19(20)24(26,27)28/h2-3,5-6,8-9,15H,4,7,10-14,16H2,1H3,(H,29,32). The minimum Gasteiger partial charge on any atom is -0.493 e. The normalized spacial score (nSPS) is 14.7. The molecule has 1 aliphatic heterocycles. The monoisotopic (exact) mass is 497 g/mol. The fourth-order valence-corrected chi connectivity index (χ4v) is 3.95. The molecule has 2 aromatic carbocycles. The molecule has 184 valence electrons. The Hall–Kier alpha value is -2.78. The number of hydrogen-bond acceptors (Lipinski definition) is 4. The average Bonchev–Trinajstić information content (AvgIpc) is 2.78. The lowest BCUT2D eigenvalue weighted by atomic mass is 10.1. The molecule has 1 N–H and O–H groups in total. The number of aryl methyl sites for hydroxylation is 1. The van der Waals surface area contributed by atoms with Gasteiger partial charge in [-0.25, -0.2) is 0 Å². The Balaban J connectivity index is 1.38. The number of piperazine rings is 1. The number of halogens is 4. The lowest BCUT2D eigenvalue weighted by molar-refractivity contribution is -0.137. The fourth-order valence-electron chi connectivity index (χ4n) is 3.73. The molecule has 1 saturated heterocycles. The molecule has 1 aliphatic rings. The van der Waals surface area contributed by atoms with Gasteiger partial charge in [0.25, 0.3) is 0 Å². The van der Waals surface area contributed by atoms with Gasteiger partial charge in [0.15, 0.2) is 0 Å². The molecule has 0 aliphatic carbocycles. The van der Waals surface area contributed by atoms with Crippen LogP contribution in [0.3, 0.4) is 0 Å². The quantitative estimate of drug-likeness (QED) is 0.541. The summed E-state index contributed by atoms with van der Waals surface area (Å²) in [5.41, 5.74) is -0.209. The van der Waals surface area contributed by atoms with Crippen molar-refractivity contribution in [2.24, 2.45) is 0 Å². The first-order valence-electron chi connectivity index (χ1n) is 11.0. The van der Waals surface area contributed by atoms with E-state index in [0.717, 1.165) is 17.4 Å². The lowest BCUT2D eigenvalue weighted by Crippen LogP contribution is -2.50. The molecule has 10 heteroatoms. The second kappa shape index (κ2) is 11.6. The van der Waals surface area contributed by atoms with E-state index < -0.39 is 17.6 Å². The minimum atomic E-state index is -4.55. The molecule has 2 aromatic rings. The van der Waals surface area contributed by atoms with Crippen LogP contribution in [0.15, 0.2) is 42.5 Å². The molecule has 0 aromatic heterocycles. The summed E-state index contributed by atoms with van der Waals surface area (Å²) in [4.78, 5) is 28.3. The number of ether oxygens (including phenoxy) is 1. The number of anilines is 1. The predicted molar refractivity (Wildman–Crippen MR) is 124 cm³/mol. The van der Waals surface area contributed by atoms with Gasteiger partial charge in [0.05, 0.1) is 24.4 Å². The van der Waals surface area contributed by atoms with Crippen molar-refractivity contribution in [1.29, 1.82) is 0 Å². The molecule has 0 unspecified atom stereocenters. The summed E-state index contributed by atoms with van der Waals surface area (Å²) in [6.45, 7) is 4.14. The Kier molecular flexibility index (Phi) is 8.79. The molecular weight excluding hydrogens is 471 g/mol. The zero-order valence-electron chi connectivity index (χ0n) is 18.8. The van der Waals surface area contributed by atoms with Gasteiger partial charge in [-0.2, -0.15) is 13.2 Å². The molecular formula is C24H27ClF3N3O3. The van der Waals surface area contributed by atoms with Crippen LogP contribution in [-0.4, -0.2) is 60.9 Å². The summed E-state index contributed by atoms with van der Waals surface area (Å²) in [6.07, 6.45) is -3.63. The van der Waals surface area contributed by atoms with Crippen LogP contribution in [0.25, 0.3) is 0 Å². The van der Waals surface area contributed by atoms with E-state index in [-0.39, 0.29) is 18.1 Å². The first-order chi connectivity index (χ1) is 16.1. The average molecular weight is 498 g/mol. The third kappa shape index (κ3) is 7.36. The number of amides is 2. The highest BCUT2D eigenvalue weighted by Gasteiger charge is 2.33. The van der Waals surface area contributed by atoms with Gasteiger partial charge in [-0.05, 0) is 49.2 Å². The van der Waals surface area contributed by atoms with Crippen LogP contribution in [-0.2, 0) is 15.8 Å². The van der Waals surface area contributed by atoms with Crippen LogP contribution in [0.4, 0.5) is 18.9 Å². The summed E-state index contributed by atoms with van der Waals surface area (Å²) < 4.78 is 45.0. The molecule has 6 nitrogen and oxygen atoms in total. The fraction of sp³-hybridized carbons (Fsp3) is 0.417. The van der Waals surface area contributed by atoms with Crippen LogP contribution in [0.5, 0.6) is 5.75 Å². The van der Waals surface area contributed by atoms with Crippen molar-refractivity contribution in [2.75, 3.05) is 44.6 Å². The van der Waals surface area contributed by atoms with Gasteiger partial charge in [0, 0.05) is 37.6 Å². The van der Waals surface area contributed by atoms with Gasteiger partial charge < -0.3 is 15.0 Å². The Morgan fingerprint density at radius 2 is 1.79 bits per heavy atom. The second-order valence-electron chi connectivity index (χ2n) is 8.11. The first-order valence-corrected chi connectivity index (χ1v) is 11.4. The van der Waals surface area contributed by atoms with Gasteiger partial charge in [-0.3, -0.25) is 14.5 Å². The number of nitrogens with zero attached hydrogens (tertiary/aromatic N) is 2. The van der Waals surface area contributed by atoms with Crippen molar-refractivity contribution in [1.82, 2.24) is 9.80 Å². The van der Waals surface area contributed by atoms with Crippen LogP contribution < -0.4 is 10.1 Å². The molecule has 1 fully saturated rings. The second-order valence-corrected chi connectivity index (χ2v) is 8.55. The highest BCUT2D eigenvalue weighted by molar-refractivity contribution is 6.30. The predicted octanol–water partition coefficient (Wildman–Crippen LogP) is 4.61. The number of hydrogen-bond donors (Lipinski definition) is 1. The SMILES string of the molecule is Cc1cc(Cl)ccc1OCCCC(=O)N1CCN(CC(=O)Nc2ccccc2C(F)(F)F)CC1. The van der Waals surface area contributed by atoms with Crippen molar-refractivity contribution in [2.45, 2.75) is 25.9 Å². The smallest absolute Gasteiger partial charge is 0.418 e. The Morgan fingerprint density at radius 3 is 2.47 bits per heavy atom. The zero-order valence-corrected chi connectivity index (χ0v) is 19.6. The summed E-state index contributed by atoms with van der Waals surface area (Å²) in [5.74, 6) is 0.229. The third-order valence-electron chi connectivity index (χ3n) is 5.53. The van der Waals surface area contributed by atoms with Crippen molar-refractivity contribution in [3.63, 3.8) is 0 Å². The number of rotatable bonds is 8. The molecule has 0 radical (unpaired) electrons. The van der Waals surface area contributed by atoms with Crippen LogP contribution in [0.1, 0.15) is 24.0 Å². The number of benzene rings is 2.